The molecule has 3 rings (SSSR count). The van der Waals surface area contributed by atoms with Crippen molar-refractivity contribution in [2.75, 3.05) is 0 Å². The van der Waals surface area contributed by atoms with Gasteiger partial charge in [-0.1, -0.05) is 85.5 Å². The summed E-state index contributed by atoms with van der Waals surface area (Å²) in [5.74, 6) is 0.471. The van der Waals surface area contributed by atoms with Crippen LogP contribution < -0.4 is 5.73 Å². The molecule has 2 N–H and O–H groups in total. The van der Waals surface area contributed by atoms with Gasteiger partial charge < -0.3 is 5.73 Å². The number of rotatable bonds is 4. The first-order valence-electron chi connectivity index (χ1n) is 7.89. The van der Waals surface area contributed by atoms with Crippen LogP contribution in [0, 0.1) is 0 Å². The van der Waals surface area contributed by atoms with Crippen LogP contribution in [0.15, 0.2) is 91.6 Å². The lowest BCUT2D eigenvalue weighted by molar-refractivity contribution is 0.853. The maximum absolute atomic E-state index is 6.24. The summed E-state index contributed by atoms with van der Waals surface area (Å²) in [6.45, 7) is 4.11. The number of benzene rings is 2. The van der Waals surface area contributed by atoms with Gasteiger partial charge in [0.1, 0.15) is 0 Å². The van der Waals surface area contributed by atoms with Gasteiger partial charge in [0.2, 0.25) is 0 Å². The second-order valence-electron chi connectivity index (χ2n) is 5.77. The molecular weight excluding hydrogens is 278 g/mol. The molecule has 0 spiro atoms. The van der Waals surface area contributed by atoms with E-state index in [9.17, 15) is 0 Å². The number of nitrogens with two attached hydrogens (primary N) is 1. The van der Waals surface area contributed by atoms with Crippen molar-refractivity contribution < 1.29 is 0 Å². The number of allylic oxidation sites excluding steroid dienone is 6. The molecule has 1 aliphatic carbocycles. The Balaban J connectivity index is 1.76. The van der Waals surface area contributed by atoms with Gasteiger partial charge in [-0.3, -0.25) is 0 Å². The SMILES string of the molecule is C=C(/C=C(\N)c1ccc(C2C=CC=CC2)cc1)c1ccccc1. The molecule has 0 radical (unpaired) electrons. The van der Waals surface area contributed by atoms with Gasteiger partial charge in [0, 0.05) is 11.6 Å². The largest absolute Gasteiger partial charge is 0.398 e. The molecule has 2 aromatic rings. The summed E-state index contributed by atoms with van der Waals surface area (Å²) in [7, 11) is 0. The highest BCUT2D eigenvalue weighted by atomic mass is 14.6. The molecule has 0 aromatic heterocycles. The smallest absolute Gasteiger partial charge is 0.0393 e. The van der Waals surface area contributed by atoms with Gasteiger partial charge in [-0.2, -0.15) is 0 Å². The first-order valence-corrected chi connectivity index (χ1v) is 7.89. The molecule has 0 heterocycles. The molecular formula is C22H21N. The first-order chi connectivity index (χ1) is 11.2. The molecule has 114 valence electrons. The third-order valence-electron chi connectivity index (χ3n) is 4.13. The highest BCUT2D eigenvalue weighted by molar-refractivity contribution is 5.81. The van der Waals surface area contributed by atoms with Crippen LogP contribution in [-0.4, -0.2) is 0 Å². The fraction of sp³-hybridized carbons (Fsp3) is 0.0909. The van der Waals surface area contributed by atoms with Crippen molar-refractivity contribution in [2.24, 2.45) is 5.73 Å². The third kappa shape index (κ3) is 3.70. The molecule has 0 aliphatic heterocycles. The minimum atomic E-state index is 0.471. The van der Waals surface area contributed by atoms with Crippen LogP contribution in [0.4, 0.5) is 0 Å². The molecule has 1 nitrogen and oxygen atoms in total. The van der Waals surface area contributed by atoms with Gasteiger partial charge in [0.15, 0.2) is 0 Å². The maximum Gasteiger partial charge on any atom is 0.0393 e. The lowest BCUT2D eigenvalue weighted by Crippen LogP contribution is -1.99. The Labute approximate surface area is 138 Å². The average molecular weight is 299 g/mol. The van der Waals surface area contributed by atoms with Gasteiger partial charge in [0.05, 0.1) is 0 Å². The van der Waals surface area contributed by atoms with Gasteiger partial charge in [0.25, 0.3) is 0 Å². The molecule has 2 aromatic carbocycles. The summed E-state index contributed by atoms with van der Waals surface area (Å²) in [6.07, 6.45) is 11.7. The molecule has 1 heteroatoms. The van der Waals surface area contributed by atoms with Crippen LogP contribution in [0.1, 0.15) is 29.0 Å². The van der Waals surface area contributed by atoms with Crippen molar-refractivity contribution in [3.05, 3.63) is 108 Å². The van der Waals surface area contributed by atoms with Crippen LogP contribution in [-0.2, 0) is 0 Å². The first kappa shape index (κ1) is 15.1. The zero-order valence-corrected chi connectivity index (χ0v) is 13.2. The predicted molar refractivity (Wildman–Crippen MR) is 99.7 cm³/mol. The summed E-state index contributed by atoms with van der Waals surface area (Å²) < 4.78 is 0. The Bertz CT molecular complexity index is 761. The molecule has 1 unspecified atom stereocenters. The van der Waals surface area contributed by atoms with Gasteiger partial charge in [-0.15, -0.1) is 0 Å². The quantitative estimate of drug-likeness (QED) is 0.762. The average Bonchev–Trinajstić information content (AvgIpc) is 2.63. The van der Waals surface area contributed by atoms with E-state index in [1.165, 1.54) is 5.56 Å². The zero-order chi connectivity index (χ0) is 16.1. The van der Waals surface area contributed by atoms with Crippen molar-refractivity contribution in [1.29, 1.82) is 0 Å². The van der Waals surface area contributed by atoms with E-state index in [0.29, 0.717) is 5.92 Å². The second-order valence-corrected chi connectivity index (χ2v) is 5.77. The fourth-order valence-corrected chi connectivity index (χ4v) is 2.76. The topological polar surface area (TPSA) is 26.0 Å². The predicted octanol–water partition coefficient (Wildman–Crippen LogP) is 5.30. The maximum atomic E-state index is 6.24. The Kier molecular flexibility index (Phi) is 4.58. The van der Waals surface area contributed by atoms with E-state index < -0.39 is 0 Å². The summed E-state index contributed by atoms with van der Waals surface area (Å²) in [6, 6.07) is 18.6. The summed E-state index contributed by atoms with van der Waals surface area (Å²) >= 11 is 0. The van der Waals surface area contributed by atoms with E-state index >= 15 is 0 Å². The van der Waals surface area contributed by atoms with Crippen molar-refractivity contribution in [3.63, 3.8) is 0 Å². The van der Waals surface area contributed by atoms with E-state index in [1.54, 1.807) is 0 Å². The van der Waals surface area contributed by atoms with Gasteiger partial charge in [-0.25, -0.2) is 0 Å². The van der Waals surface area contributed by atoms with Crippen molar-refractivity contribution in [1.82, 2.24) is 0 Å². The Morgan fingerprint density at radius 2 is 1.70 bits per heavy atom. The van der Waals surface area contributed by atoms with Crippen LogP contribution in [0.3, 0.4) is 0 Å². The van der Waals surface area contributed by atoms with E-state index in [-0.39, 0.29) is 0 Å². The fourth-order valence-electron chi connectivity index (χ4n) is 2.76. The van der Waals surface area contributed by atoms with Crippen molar-refractivity contribution in [2.45, 2.75) is 12.3 Å². The Morgan fingerprint density at radius 1 is 0.957 bits per heavy atom. The lowest BCUT2D eigenvalue weighted by atomic mass is 9.91. The molecule has 1 aliphatic rings. The minimum Gasteiger partial charge on any atom is -0.398 e. The molecule has 0 bridgehead atoms. The number of hydrogen-bond acceptors (Lipinski definition) is 1. The molecule has 0 fully saturated rings. The highest BCUT2D eigenvalue weighted by Crippen LogP contribution is 2.26. The van der Waals surface area contributed by atoms with Crippen molar-refractivity contribution >= 4 is 11.3 Å². The van der Waals surface area contributed by atoms with E-state index in [4.69, 9.17) is 5.73 Å². The molecule has 23 heavy (non-hydrogen) atoms. The lowest BCUT2D eigenvalue weighted by Gasteiger charge is -2.14. The monoisotopic (exact) mass is 299 g/mol. The molecule has 0 amide bonds. The van der Waals surface area contributed by atoms with Gasteiger partial charge in [-0.05, 0) is 34.8 Å². The van der Waals surface area contributed by atoms with E-state index in [1.807, 2.05) is 36.4 Å². The highest BCUT2D eigenvalue weighted by Gasteiger charge is 2.08. The van der Waals surface area contributed by atoms with Crippen LogP contribution >= 0.6 is 0 Å². The van der Waals surface area contributed by atoms with E-state index in [2.05, 4.69) is 55.1 Å². The van der Waals surface area contributed by atoms with Crippen LogP contribution in [0.2, 0.25) is 0 Å². The summed E-state index contributed by atoms with van der Waals surface area (Å²) in [4.78, 5) is 0. The third-order valence-corrected chi connectivity index (χ3v) is 4.13. The second kappa shape index (κ2) is 6.97. The summed E-state index contributed by atoms with van der Waals surface area (Å²) in [5.41, 5.74) is 11.3. The zero-order valence-electron chi connectivity index (χ0n) is 13.2. The van der Waals surface area contributed by atoms with Crippen LogP contribution in [0.25, 0.3) is 11.3 Å². The van der Waals surface area contributed by atoms with Crippen molar-refractivity contribution in [3.8, 4) is 0 Å². The molecule has 0 saturated heterocycles. The standard InChI is InChI=1S/C22H21N/c1-17(18-8-4-2-5-9-18)16-22(23)21-14-12-20(13-15-21)19-10-6-3-7-11-19/h2-10,12-16,19H,1,11,23H2/b22-16-. The Hall–Kier alpha value is -2.80. The van der Waals surface area contributed by atoms with Crippen LogP contribution in [0.5, 0.6) is 0 Å². The van der Waals surface area contributed by atoms with E-state index in [0.717, 1.165) is 28.8 Å². The Morgan fingerprint density at radius 3 is 2.35 bits per heavy atom. The molecule has 1 atom stereocenters. The molecule has 0 saturated carbocycles. The van der Waals surface area contributed by atoms with Gasteiger partial charge >= 0.3 is 0 Å². The minimum absolute atomic E-state index is 0.471. The summed E-state index contributed by atoms with van der Waals surface area (Å²) in [5, 5.41) is 0. The normalized spacial score (nSPS) is 17.2. The number of hydrogen-bond donors (Lipinski definition) is 1.